The topological polar surface area (TPSA) is 137 Å². The van der Waals surface area contributed by atoms with Crippen LogP contribution in [-0.4, -0.2) is 80.4 Å². The molecule has 0 radical (unpaired) electrons. The van der Waals surface area contributed by atoms with Gasteiger partial charge in [-0.2, -0.15) is 9.97 Å². The molecule has 3 rings (SSSR count). The lowest BCUT2D eigenvalue weighted by Crippen LogP contribution is -2.52. The van der Waals surface area contributed by atoms with E-state index in [9.17, 15) is 9.59 Å². The Morgan fingerprint density at radius 1 is 1.00 bits per heavy atom. The first-order valence-electron chi connectivity index (χ1n) is 11.2. The zero-order valence-electron chi connectivity index (χ0n) is 20.7. The fourth-order valence-electron chi connectivity index (χ4n) is 3.87. The summed E-state index contributed by atoms with van der Waals surface area (Å²) < 4.78 is 20.9. The third-order valence-electron chi connectivity index (χ3n) is 5.68. The molecule has 0 aliphatic carbocycles. The lowest BCUT2D eigenvalue weighted by Gasteiger charge is -2.33. The van der Waals surface area contributed by atoms with Gasteiger partial charge in [0.05, 0.1) is 28.4 Å². The molecule has 1 aromatic carbocycles. The van der Waals surface area contributed by atoms with E-state index in [1.165, 1.54) is 21.1 Å². The maximum atomic E-state index is 13.1. The number of ether oxygens (including phenoxy) is 4. The molecule has 0 saturated carbocycles. The number of hydrogen-bond acceptors (Lipinski definition) is 10. The lowest BCUT2D eigenvalue weighted by atomic mass is 10.0. The maximum Gasteiger partial charge on any atom is 0.324 e. The molecule has 1 aliphatic heterocycles. The summed E-state index contributed by atoms with van der Waals surface area (Å²) >= 11 is 0. The molecule has 35 heavy (non-hydrogen) atoms. The zero-order chi connectivity index (χ0) is 25.4. The van der Waals surface area contributed by atoms with E-state index < -0.39 is 6.04 Å². The molecule has 0 spiro atoms. The van der Waals surface area contributed by atoms with Crippen molar-refractivity contribution in [3.8, 4) is 23.5 Å². The van der Waals surface area contributed by atoms with Gasteiger partial charge < -0.3 is 34.5 Å². The number of nitrogens with one attached hydrogen (secondary N) is 2. The third-order valence-corrected chi connectivity index (χ3v) is 5.68. The quantitative estimate of drug-likeness (QED) is 0.493. The van der Waals surface area contributed by atoms with Gasteiger partial charge in [-0.3, -0.25) is 9.59 Å². The molecule has 2 aromatic rings. The summed E-state index contributed by atoms with van der Waals surface area (Å²) in [5, 5.41) is 5.83. The SMILES string of the molecule is COc1ccc(C[C@@H](NC(C)=O)C(=O)NC2CCN(c3nc(OC)nc(OC)n3)CC2)c(OC)c1. The van der Waals surface area contributed by atoms with E-state index in [0.29, 0.717) is 43.4 Å². The molecule has 2 heterocycles. The van der Waals surface area contributed by atoms with Crippen molar-refractivity contribution in [3.05, 3.63) is 23.8 Å². The van der Waals surface area contributed by atoms with Crippen LogP contribution in [0.2, 0.25) is 0 Å². The largest absolute Gasteiger partial charge is 0.497 e. The fraction of sp³-hybridized carbons (Fsp3) is 0.522. The average molecular weight is 489 g/mol. The van der Waals surface area contributed by atoms with Crippen molar-refractivity contribution < 1.29 is 28.5 Å². The molecule has 0 bridgehead atoms. The Kier molecular flexibility index (Phi) is 8.87. The Morgan fingerprint density at radius 2 is 1.66 bits per heavy atom. The fourth-order valence-corrected chi connectivity index (χ4v) is 3.87. The number of amides is 2. The van der Waals surface area contributed by atoms with Crippen molar-refractivity contribution in [1.29, 1.82) is 0 Å². The summed E-state index contributed by atoms with van der Waals surface area (Å²) in [6, 6.07) is 4.92. The predicted molar refractivity (Wildman–Crippen MR) is 127 cm³/mol. The van der Waals surface area contributed by atoms with Gasteiger partial charge in [-0.05, 0) is 24.5 Å². The molecule has 2 N–H and O–H groups in total. The van der Waals surface area contributed by atoms with Gasteiger partial charge in [-0.15, -0.1) is 4.98 Å². The smallest absolute Gasteiger partial charge is 0.324 e. The highest BCUT2D eigenvalue weighted by Gasteiger charge is 2.27. The number of methoxy groups -OCH3 is 4. The number of piperidine rings is 1. The third kappa shape index (κ3) is 6.84. The van der Waals surface area contributed by atoms with Crippen LogP contribution in [0.15, 0.2) is 18.2 Å². The van der Waals surface area contributed by atoms with Crippen molar-refractivity contribution in [2.24, 2.45) is 0 Å². The van der Waals surface area contributed by atoms with Crippen LogP contribution in [0, 0.1) is 0 Å². The zero-order valence-corrected chi connectivity index (χ0v) is 20.7. The molecule has 0 unspecified atom stereocenters. The van der Waals surface area contributed by atoms with Gasteiger partial charge >= 0.3 is 12.0 Å². The van der Waals surface area contributed by atoms with E-state index in [1.807, 2.05) is 11.0 Å². The van der Waals surface area contributed by atoms with Gasteiger partial charge in [0, 0.05) is 38.5 Å². The van der Waals surface area contributed by atoms with Gasteiger partial charge in [0.2, 0.25) is 17.8 Å². The molecule has 190 valence electrons. The summed E-state index contributed by atoms with van der Waals surface area (Å²) in [5.74, 6) is 1.15. The Hall–Kier alpha value is -3.83. The van der Waals surface area contributed by atoms with E-state index in [2.05, 4.69) is 25.6 Å². The van der Waals surface area contributed by atoms with Crippen molar-refractivity contribution in [1.82, 2.24) is 25.6 Å². The Morgan fingerprint density at radius 3 is 2.20 bits per heavy atom. The average Bonchev–Trinajstić information content (AvgIpc) is 2.88. The van der Waals surface area contributed by atoms with Crippen LogP contribution >= 0.6 is 0 Å². The van der Waals surface area contributed by atoms with Crippen LogP contribution in [0.25, 0.3) is 0 Å². The monoisotopic (exact) mass is 488 g/mol. The molecular formula is C23H32N6O6. The van der Waals surface area contributed by atoms with Crippen LogP contribution < -0.4 is 34.5 Å². The van der Waals surface area contributed by atoms with E-state index >= 15 is 0 Å². The highest BCUT2D eigenvalue weighted by atomic mass is 16.5. The first-order valence-corrected chi connectivity index (χ1v) is 11.2. The Labute approximate surface area is 204 Å². The number of nitrogens with zero attached hydrogens (tertiary/aromatic N) is 4. The number of carbonyl (C=O) groups is 2. The van der Waals surface area contributed by atoms with Gasteiger partial charge in [0.1, 0.15) is 17.5 Å². The molecule has 1 fully saturated rings. The molecule has 2 amide bonds. The number of aromatic nitrogens is 3. The number of carbonyl (C=O) groups excluding carboxylic acids is 2. The van der Waals surface area contributed by atoms with E-state index in [1.54, 1.807) is 26.4 Å². The second-order valence-corrected chi connectivity index (χ2v) is 8.01. The highest BCUT2D eigenvalue weighted by Crippen LogP contribution is 2.26. The van der Waals surface area contributed by atoms with Gasteiger partial charge in [0.25, 0.3) is 0 Å². The summed E-state index contributed by atoms with van der Waals surface area (Å²) in [6.45, 7) is 2.64. The normalized spacial score (nSPS) is 14.6. The van der Waals surface area contributed by atoms with Gasteiger partial charge in [-0.1, -0.05) is 6.07 Å². The number of anilines is 1. The standard InChI is InChI=1S/C23H32N6O6/c1-14(30)24-18(12-15-6-7-17(32-2)13-19(15)33-3)20(31)25-16-8-10-29(11-9-16)21-26-22(34-4)28-23(27-21)35-5/h6-7,13,16,18H,8-12H2,1-5H3,(H,24,30)(H,25,31)/t18-/m1/s1. The first kappa shape index (κ1) is 25.8. The van der Waals surface area contributed by atoms with Crippen LogP contribution in [0.4, 0.5) is 5.95 Å². The second kappa shape index (κ2) is 12.0. The van der Waals surface area contributed by atoms with Crippen molar-refractivity contribution in [2.45, 2.75) is 38.3 Å². The van der Waals surface area contributed by atoms with Crippen LogP contribution in [0.5, 0.6) is 23.5 Å². The molecular weight excluding hydrogens is 456 g/mol. The first-order chi connectivity index (χ1) is 16.9. The minimum absolute atomic E-state index is 0.0570. The van der Waals surface area contributed by atoms with E-state index in [4.69, 9.17) is 18.9 Å². The molecule has 1 aliphatic rings. The lowest BCUT2D eigenvalue weighted by molar-refractivity contribution is -0.128. The molecule has 1 atom stereocenters. The highest BCUT2D eigenvalue weighted by molar-refractivity contribution is 5.87. The Bertz CT molecular complexity index is 1010. The number of hydrogen-bond donors (Lipinski definition) is 2. The Balaban J connectivity index is 1.64. The van der Waals surface area contributed by atoms with Crippen molar-refractivity contribution >= 4 is 17.8 Å². The maximum absolute atomic E-state index is 13.1. The molecule has 12 heteroatoms. The molecule has 1 aromatic heterocycles. The predicted octanol–water partition coefficient (Wildman–Crippen LogP) is 0.738. The van der Waals surface area contributed by atoms with Crippen LogP contribution in [0.1, 0.15) is 25.3 Å². The van der Waals surface area contributed by atoms with Crippen molar-refractivity contribution in [3.63, 3.8) is 0 Å². The minimum atomic E-state index is -0.745. The number of benzene rings is 1. The number of rotatable bonds is 10. The van der Waals surface area contributed by atoms with Crippen LogP contribution in [-0.2, 0) is 16.0 Å². The van der Waals surface area contributed by atoms with E-state index in [-0.39, 0.29) is 36.3 Å². The van der Waals surface area contributed by atoms with E-state index in [0.717, 1.165) is 5.56 Å². The van der Waals surface area contributed by atoms with Crippen LogP contribution in [0.3, 0.4) is 0 Å². The van der Waals surface area contributed by atoms with Gasteiger partial charge in [-0.25, -0.2) is 0 Å². The minimum Gasteiger partial charge on any atom is -0.497 e. The summed E-state index contributed by atoms with van der Waals surface area (Å²) in [4.78, 5) is 39.5. The summed E-state index contributed by atoms with van der Waals surface area (Å²) in [7, 11) is 6.08. The van der Waals surface area contributed by atoms with Crippen molar-refractivity contribution in [2.75, 3.05) is 46.4 Å². The molecule has 1 saturated heterocycles. The summed E-state index contributed by atoms with van der Waals surface area (Å²) in [6.07, 6.45) is 1.64. The second-order valence-electron chi connectivity index (χ2n) is 8.01. The summed E-state index contributed by atoms with van der Waals surface area (Å²) in [5.41, 5.74) is 0.787. The molecule has 12 nitrogen and oxygen atoms in total. The van der Waals surface area contributed by atoms with Gasteiger partial charge in [0.15, 0.2) is 0 Å².